The molecular formula is C15H22O2S. The first-order valence-electron chi connectivity index (χ1n) is 6.62. The molecule has 1 heterocycles. The van der Waals surface area contributed by atoms with E-state index in [4.69, 9.17) is 9.47 Å². The van der Waals surface area contributed by atoms with Crippen LogP contribution in [0.1, 0.15) is 29.5 Å². The number of hydrogen-bond donors (Lipinski definition) is 0. The van der Waals surface area contributed by atoms with Crippen LogP contribution in [0.15, 0.2) is 18.2 Å². The van der Waals surface area contributed by atoms with E-state index >= 15 is 0 Å². The monoisotopic (exact) mass is 266 g/mol. The first kappa shape index (κ1) is 13.9. The predicted octanol–water partition coefficient (Wildman–Crippen LogP) is 3.69. The van der Waals surface area contributed by atoms with E-state index in [0.29, 0.717) is 0 Å². The third-order valence-electron chi connectivity index (χ3n) is 2.94. The highest BCUT2D eigenvalue weighted by atomic mass is 32.2. The smallest absolute Gasteiger partial charge is 0.158 e. The van der Waals surface area contributed by atoms with E-state index in [0.717, 1.165) is 37.6 Å². The number of benzene rings is 1. The van der Waals surface area contributed by atoms with Crippen LogP contribution in [0.3, 0.4) is 0 Å². The summed E-state index contributed by atoms with van der Waals surface area (Å²) in [5.74, 6) is 2.17. The molecule has 18 heavy (non-hydrogen) atoms. The molecule has 0 N–H and O–H groups in total. The molecule has 0 unspecified atom stereocenters. The topological polar surface area (TPSA) is 18.5 Å². The Morgan fingerprint density at radius 2 is 1.78 bits per heavy atom. The fraction of sp³-hybridized carbons (Fsp3) is 0.600. The molecule has 0 saturated carbocycles. The van der Waals surface area contributed by atoms with E-state index in [2.05, 4.69) is 32.0 Å². The molecule has 0 radical (unpaired) electrons. The lowest BCUT2D eigenvalue weighted by Gasteiger charge is -2.22. The summed E-state index contributed by atoms with van der Waals surface area (Å²) in [5.41, 5.74) is 4.12. The standard InChI is InChI=1S/C15H22O2S/c1-12-8-13(2)10-14(9-12)11-18-7-4-15-16-5-3-6-17-15/h8-10,15H,3-7,11H2,1-2H3. The zero-order chi connectivity index (χ0) is 12.8. The molecule has 0 aliphatic carbocycles. The lowest BCUT2D eigenvalue weighted by atomic mass is 10.1. The molecule has 0 aromatic heterocycles. The number of ether oxygens (including phenoxy) is 2. The Morgan fingerprint density at radius 1 is 1.11 bits per heavy atom. The lowest BCUT2D eigenvalue weighted by Crippen LogP contribution is -2.25. The largest absolute Gasteiger partial charge is 0.353 e. The molecule has 0 bridgehead atoms. The van der Waals surface area contributed by atoms with Gasteiger partial charge in [0.15, 0.2) is 6.29 Å². The van der Waals surface area contributed by atoms with Crippen molar-refractivity contribution in [2.45, 2.75) is 38.7 Å². The highest BCUT2D eigenvalue weighted by molar-refractivity contribution is 7.98. The molecule has 1 aliphatic heterocycles. The SMILES string of the molecule is Cc1cc(C)cc(CSCCC2OCCCO2)c1. The fourth-order valence-corrected chi connectivity index (χ4v) is 3.13. The number of hydrogen-bond acceptors (Lipinski definition) is 3. The van der Waals surface area contributed by atoms with Crippen LogP contribution < -0.4 is 0 Å². The Bertz CT molecular complexity index is 353. The van der Waals surface area contributed by atoms with E-state index in [-0.39, 0.29) is 6.29 Å². The van der Waals surface area contributed by atoms with Gasteiger partial charge in [0, 0.05) is 12.2 Å². The highest BCUT2D eigenvalue weighted by Crippen LogP contribution is 2.18. The number of thioether (sulfide) groups is 1. The van der Waals surface area contributed by atoms with Gasteiger partial charge in [-0.15, -0.1) is 0 Å². The van der Waals surface area contributed by atoms with Gasteiger partial charge in [0.25, 0.3) is 0 Å². The van der Waals surface area contributed by atoms with Gasteiger partial charge >= 0.3 is 0 Å². The summed E-state index contributed by atoms with van der Waals surface area (Å²) in [6, 6.07) is 6.76. The maximum atomic E-state index is 5.53. The maximum absolute atomic E-state index is 5.53. The fourth-order valence-electron chi connectivity index (χ4n) is 2.23. The molecule has 1 aliphatic rings. The normalized spacial score (nSPS) is 17.0. The first-order valence-corrected chi connectivity index (χ1v) is 7.77. The van der Waals surface area contributed by atoms with E-state index < -0.39 is 0 Å². The van der Waals surface area contributed by atoms with Crippen LogP contribution in [0.2, 0.25) is 0 Å². The molecule has 1 fully saturated rings. The van der Waals surface area contributed by atoms with Crippen molar-refractivity contribution >= 4 is 11.8 Å². The van der Waals surface area contributed by atoms with Gasteiger partial charge in [-0.1, -0.05) is 29.3 Å². The first-order chi connectivity index (χ1) is 8.74. The minimum Gasteiger partial charge on any atom is -0.353 e. The van der Waals surface area contributed by atoms with Crippen LogP contribution in [-0.2, 0) is 15.2 Å². The van der Waals surface area contributed by atoms with Crippen LogP contribution in [0, 0.1) is 13.8 Å². The molecule has 0 spiro atoms. The van der Waals surface area contributed by atoms with Crippen molar-refractivity contribution in [3.8, 4) is 0 Å². The van der Waals surface area contributed by atoms with Crippen molar-refractivity contribution in [2.75, 3.05) is 19.0 Å². The summed E-state index contributed by atoms with van der Waals surface area (Å²) in [6.07, 6.45) is 2.06. The van der Waals surface area contributed by atoms with Crippen LogP contribution in [0.5, 0.6) is 0 Å². The van der Waals surface area contributed by atoms with Crippen molar-refractivity contribution in [1.82, 2.24) is 0 Å². The molecule has 0 amide bonds. The second-order valence-corrected chi connectivity index (χ2v) is 5.97. The van der Waals surface area contributed by atoms with Gasteiger partial charge in [0.1, 0.15) is 0 Å². The lowest BCUT2D eigenvalue weighted by molar-refractivity contribution is -0.178. The Morgan fingerprint density at radius 3 is 2.44 bits per heavy atom. The maximum Gasteiger partial charge on any atom is 0.158 e. The molecule has 1 aromatic carbocycles. The quantitative estimate of drug-likeness (QED) is 0.757. The molecule has 100 valence electrons. The van der Waals surface area contributed by atoms with Crippen LogP contribution in [0.25, 0.3) is 0 Å². The molecule has 1 saturated heterocycles. The Balaban J connectivity index is 1.68. The van der Waals surface area contributed by atoms with Crippen molar-refractivity contribution in [3.05, 3.63) is 34.9 Å². The average Bonchev–Trinajstić information content (AvgIpc) is 2.35. The third-order valence-corrected chi connectivity index (χ3v) is 4.01. The van der Waals surface area contributed by atoms with E-state index in [1.807, 2.05) is 11.8 Å². The van der Waals surface area contributed by atoms with Gasteiger partial charge in [-0.25, -0.2) is 0 Å². The predicted molar refractivity (Wildman–Crippen MR) is 77.0 cm³/mol. The molecule has 0 atom stereocenters. The van der Waals surface area contributed by atoms with Gasteiger partial charge in [-0.3, -0.25) is 0 Å². The van der Waals surface area contributed by atoms with E-state index in [1.54, 1.807) is 0 Å². The zero-order valence-electron chi connectivity index (χ0n) is 11.3. The van der Waals surface area contributed by atoms with Crippen LogP contribution in [-0.4, -0.2) is 25.3 Å². The van der Waals surface area contributed by atoms with Gasteiger partial charge < -0.3 is 9.47 Å². The molecule has 3 heteroatoms. The van der Waals surface area contributed by atoms with E-state index in [1.165, 1.54) is 16.7 Å². The number of aryl methyl sites for hydroxylation is 2. The summed E-state index contributed by atoms with van der Waals surface area (Å²) < 4.78 is 11.1. The highest BCUT2D eigenvalue weighted by Gasteiger charge is 2.13. The van der Waals surface area contributed by atoms with Crippen LogP contribution >= 0.6 is 11.8 Å². The minimum atomic E-state index is 0.0329. The summed E-state index contributed by atoms with van der Waals surface area (Å²) in [6.45, 7) is 6.02. The molecule has 1 aromatic rings. The third kappa shape index (κ3) is 4.63. The summed E-state index contributed by atoms with van der Waals surface area (Å²) in [5, 5.41) is 0. The number of rotatable bonds is 5. The average molecular weight is 266 g/mol. The van der Waals surface area contributed by atoms with Crippen molar-refractivity contribution in [3.63, 3.8) is 0 Å². The summed E-state index contributed by atoms with van der Waals surface area (Å²) in [7, 11) is 0. The Labute approximate surface area is 114 Å². The van der Waals surface area contributed by atoms with Gasteiger partial charge in [0.05, 0.1) is 13.2 Å². The van der Waals surface area contributed by atoms with Crippen molar-refractivity contribution in [1.29, 1.82) is 0 Å². The molecule has 2 nitrogen and oxygen atoms in total. The Hall–Kier alpha value is -0.510. The summed E-state index contributed by atoms with van der Waals surface area (Å²) >= 11 is 1.96. The van der Waals surface area contributed by atoms with Crippen molar-refractivity contribution < 1.29 is 9.47 Å². The Kier molecular flexibility index (Phi) is 5.54. The van der Waals surface area contributed by atoms with Gasteiger partial charge in [0.2, 0.25) is 0 Å². The minimum absolute atomic E-state index is 0.0329. The summed E-state index contributed by atoms with van der Waals surface area (Å²) in [4.78, 5) is 0. The second-order valence-electron chi connectivity index (χ2n) is 4.86. The van der Waals surface area contributed by atoms with Gasteiger partial charge in [-0.2, -0.15) is 11.8 Å². The van der Waals surface area contributed by atoms with Crippen LogP contribution in [0.4, 0.5) is 0 Å². The zero-order valence-corrected chi connectivity index (χ0v) is 12.1. The van der Waals surface area contributed by atoms with Gasteiger partial charge in [-0.05, 0) is 31.6 Å². The van der Waals surface area contributed by atoms with E-state index in [9.17, 15) is 0 Å². The molecule has 2 rings (SSSR count). The second kappa shape index (κ2) is 7.17. The molecular weight excluding hydrogens is 244 g/mol. The van der Waals surface area contributed by atoms with Crippen molar-refractivity contribution in [2.24, 2.45) is 0 Å².